The number of benzene rings is 2. The van der Waals surface area contributed by atoms with E-state index in [4.69, 9.17) is 18.9 Å². The number of esters is 1. The van der Waals surface area contributed by atoms with E-state index in [0.717, 1.165) is 5.56 Å². The van der Waals surface area contributed by atoms with Crippen LogP contribution in [0, 0.1) is 0 Å². The van der Waals surface area contributed by atoms with E-state index in [9.17, 15) is 9.59 Å². The molecule has 0 aliphatic rings. The number of hydrogen-bond acceptors (Lipinski definition) is 6. The highest BCUT2D eigenvalue weighted by atomic mass is 16.5. The minimum atomic E-state index is -0.706. The van der Waals surface area contributed by atoms with Crippen LogP contribution in [0.4, 0.5) is 5.69 Å². The van der Waals surface area contributed by atoms with Crippen molar-refractivity contribution in [1.29, 1.82) is 0 Å². The number of nitrogens with one attached hydrogen (secondary N) is 1. The molecule has 0 aliphatic carbocycles. The second kappa shape index (κ2) is 9.32. The summed E-state index contributed by atoms with van der Waals surface area (Å²) >= 11 is 0. The zero-order valence-electron chi connectivity index (χ0n) is 17.6. The predicted molar refractivity (Wildman–Crippen MR) is 110 cm³/mol. The highest BCUT2D eigenvalue weighted by Crippen LogP contribution is 2.35. The summed E-state index contributed by atoms with van der Waals surface area (Å²) in [5.41, 5.74) is 1.66. The summed E-state index contributed by atoms with van der Waals surface area (Å²) in [5, 5.41) is 2.80. The molecule has 0 fully saturated rings. The van der Waals surface area contributed by atoms with Crippen LogP contribution < -0.4 is 19.5 Å². The molecule has 0 atom stereocenters. The zero-order chi connectivity index (χ0) is 21.6. The van der Waals surface area contributed by atoms with Crippen molar-refractivity contribution in [2.45, 2.75) is 26.2 Å². The van der Waals surface area contributed by atoms with Crippen molar-refractivity contribution in [2.75, 3.05) is 33.3 Å². The second-order valence-electron chi connectivity index (χ2n) is 7.33. The van der Waals surface area contributed by atoms with E-state index in [2.05, 4.69) is 26.1 Å². The molecule has 0 bridgehead atoms. The summed E-state index contributed by atoms with van der Waals surface area (Å²) in [6, 6.07) is 10.5. The zero-order valence-corrected chi connectivity index (χ0v) is 17.6. The summed E-state index contributed by atoms with van der Waals surface area (Å²) in [6.07, 6.45) is 0. The van der Waals surface area contributed by atoms with Gasteiger partial charge in [0.2, 0.25) is 0 Å². The van der Waals surface area contributed by atoms with Gasteiger partial charge in [0.25, 0.3) is 5.91 Å². The van der Waals surface area contributed by atoms with Gasteiger partial charge in [-0.05, 0) is 17.0 Å². The highest BCUT2D eigenvalue weighted by Gasteiger charge is 2.21. The first-order valence-electron chi connectivity index (χ1n) is 9.07. The molecule has 1 amide bonds. The number of hydrogen-bond donors (Lipinski definition) is 1. The van der Waals surface area contributed by atoms with E-state index in [0.29, 0.717) is 17.2 Å². The van der Waals surface area contributed by atoms with Gasteiger partial charge in [0.1, 0.15) is 11.3 Å². The van der Waals surface area contributed by atoms with Crippen LogP contribution in [0.15, 0.2) is 36.4 Å². The summed E-state index contributed by atoms with van der Waals surface area (Å²) in [4.78, 5) is 24.8. The topological polar surface area (TPSA) is 83.1 Å². The summed E-state index contributed by atoms with van der Waals surface area (Å²) in [6.45, 7) is 5.73. The number of carbonyl (C=O) groups excluding carboxylic acids is 2. The summed E-state index contributed by atoms with van der Waals surface area (Å²) < 4.78 is 20.8. The van der Waals surface area contributed by atoms with E-state index < -0.39 is 18.5 Å². The maximum absolute atomic E-state index is 12.5. The van der Waals surface area contributed by atoms with Gasteiger partial charge in [-0.2, -0.15) is 0 Å². The average molecular weight is 401 g/mol. The van der Waals surface area contributed by atoms with E-state index in [1.807, 2.05) is 24.3 Å². The number of para-hydroxylation sites is 1. The lowest BCUT2D eigenvalue weighted by atomic mass is 9.86. The first-order chi connectivity index (χ1) is 13.7. The Morgan fingerprint density at radius 1 is 0.897 bits per heavy atom. The normalized spacial score (nSPS) is 10.8. The molecule has 0 radical (unpaired) electrons. The average Bonchev–Trinajstić information content (AvgIpc) is 2.70. The maximum Gasteiger partial charge on any atom is 0.342 e. The van der Waals surface area contributed by atoms with Gasteiger partial charge in [-0.1, -0.05) is 39.0 Å². The molecule has 0 spiro atoms. The molecule has 2 rings (SSSR count). The number of anilines is 1. The molecular formula is C22H27NO6. The molecule has 2 aromatic carbocycles. The first-order valence-corrected chi connectivity index (χ1v) is 9.07. The van der Waals surface area contributed by atoms with Gasteiger partial charge in [0.05, 0.1) is 21.3 Å². The fourth-order valence-corrected chi connectivity index (χ4v) is 2.83. The number of rotatable bonds is 7. The molecule has 7 heteroatoms. The van der Waals surface area contributed by atoms with Crippen LogP contribution in [-0.4, -0.2) is 39.8 Å². The molecule has 0 saturated heterocycles. The van der Waals surface area contributed by atoms with Crippen LogP contribution in [0.25, 0.3) is 0 Å². The van der Waals surface area contributed by atoms with Crippen LogP contribution in [-0.2, 0) is 14.9 Å². The Labute approximate surface area is 170 Å². The molecular weight excluding hydrogens is 374 g/mol. The Kier molecular flexibility index (Phi) is 7.09. The maximum atomic E-state index is 12.5. The van der Waals surface area contributed by atoms with Gasteiger partial charge in [-0.25, -0.2) is 4.79 Å². The Balaban J connectivity index is 2.11. The quantitative estimate of drug-likeness (QED) is 0.711. The minimum absolute atomic E-state index is 0.132. The fraction of sp³-hybridized carbons (Fsp3) is 0.364. The molecule has 0 heterocycles. The van der Waals surface area contributed by atoms with Crippen molar-refractivity contribution < 1.29 is 28.5 Å². The molecule has 156 valence electrons. The van der Waals surface area contributed by atoms with E-state index in [1.54, 1.807) is 0 Å². The van der Waals surface area contributed by atoms with Crippen LogP contribution >= 0.6 is 0 Å². The third kappa shape index (κ3) is 5.40. The van der Waals surface area contributed by atoms with Gasteiger partial charge in [-0.15, -0.1) is 0 Å². The van der Waals surface area contributed by atoms with Crippen LogP contribution in [0.2, 0.25) is 0 Å². The fourth-order valence-electron chi connectivity index (χ4n) is 2.83. The van der Waals surface area contributed by atoms with Gasteiger partial charge >= 0.3 is 5.97 Å². The Hall–Kier alpha value is -3.22. The van der Waals surface area contributed by atoms with Crippen molar-refractivity contribution >= 4 is 17.6 Å². The van der Waals surface area contributed by atoms with Gasteiger partial charge in [0.15, 0.2) is 18.1 Å². The number of ether oxygens (including phenoxy) is 4. The SMILES string of the molecule is COc1cc(OC)c(C(=O)OCC(=O)Nc2ccccc2C(C)(C)C)cc1OC. The van der Waals surface area contributed by atoms with E-state index in [-0.39, 0.29) is 16.7 Å². The van der Waals surface area contributed by atoms with Crippen molar-refractivity contribution in [2.24, 2.45) is 0 Å². The van der Waals surface area contributed by atoms with Crippen LogP contribution in [0.5, 0.6) is 17.2 Å². The van der Waals surface area contributed by atoms with Crippen molar-refractivity contribution in [3.05, 3.63) is 47.5 Å². The molecule has 2 aromatic rings. The Bertz CT molecular complexity index is 885. The van der Waals surface area contributed by atoms with Crippen LogP contribution in [0.1, 0.15) is 36.7 Å². The third-order valence-electron chi connectivity index (χ3n) is 4.27. The smallest absolute Gasteiger partial charge is 0.342 e. The van der Waals surface area contributed by atoms with Gasteiger partial charge < -0.3 is 24.3 Å². The van der Waals surface area contributed by atoms with E-state index in [1.165, 1.54) is 33.5 Å². The predicted octanol–water partition coefficient (Wildman–Crippen LogP) is 3.81. The molecule has 1 N–H and O–H groups in total. The number of amides is 1. The molecule has 0 saturated carbocycles. The van der Waals surface area contributed by atoms with Gasteiger partial charge in [-0.3, -0.25) is 4.79 Å². The Morgan fingerprint density at radius 3 is 2.07 bits per heavy atom. The third-order valence-corrected chi connectivity index (χ3v) is 4.27. The molecule has 0 aromatic heterocycles. The highest BCUT2D eigenvalue weighted by molar-refractivity contribution is 5.97. The first kappa shape index (κ1) is 22.1. The lowest BCUT2D eigenvalue weighted by molar-refractivity contribution is -0.119. The van der Waals surface area contributed by atoms with Crippen molar-refractivity contribution in [3.8, 4) is 17.2 Å². The molecule has 0 unspecified atom stereocenters. The largest absolute Gasteiger partial charge is 0.496 e. The number of methoxy groups -OCH3 is 3. The van der Waals surface area contributed by atoms with E-state index >= 15 is 0 Å². The molecule has 7 nitrogen and oxygen atoms in total. The second-order valence-corrected chi connectivity index (χ2v) is 7.33. The minimum Gasteiger partial charge on any atom is -0.496 e. The van der Waals surface area contributed by atoms with Crippen molar-refractivity contribution in [1.82, 2.24) is 0 Å². The summed E-state index contributed by atoms with van der Waals surface area (Å²) in [5.74, 6) is -0.121. The van der Waals surface area contributed by atoms with Crippen LogP contribution in [0.3, 0.4) is 0 Å². The molecule has 29 heavy (non-hydrogen) atoms. The lowest BCUT2D eigenvalue weighted by Crippen LogP contribution is -2.23. The molecule has 0 aliphatic heterocycles. The number of carbonyl (C=O) groups is 2. The summed E-state index contributed by atoms with van der Waals surface area (Å²) in [7, 11) is 4.36. The van der Waals surface area contributed by atoms with Crippen molar-refractivity contribution in [3.63, 3.8) is 0 Å². The standard InChI is InChI=1S/C22H27NO6/c1-22(2,3)15-9-7-8-10-16(15)23-20(24)13-29-21(25)14-11-18(27-5)19(28-6)12-17(14)26-4/h7-12H,13H2,1-6H3,(H,23,24). The Morgan fingerprint density at radius 2 is 1.48 bits per heavy atom. The monoisotopic (exact) mass is 401 g/mol. The lowest BCUT2D eigenvalue weighted by Gasteiger charge is -2.23. The van der Waals surface area contributed by atoms with Gasteiger partial charge in [0, 0.05) is 17.8 Å².